The number of hydrogen-bond acceptors (Lipinski definition) is 7. The Morgan fingerprint density at radius 3 is 2.72 bits per heavy atom. The molecule has 1 atom stereocenters. The monoisotopic (exact) mass is 400 g/mol. The third kappa shape index (κ3) is 5.16. The quantitative estimate of drug-likeness (QED) is 0.567. The van der Waals surface area contributed by atoms with Crippen molar-refractivity contribution < 1.29 is 13.2 Å². The highest BCUT2D eigenvalue weighted by molar-refractivity contribution is 8.01. The van der Waals surface area contributed by atoms with Crippen molar-refractivity contribution in [3.05, 3.63) is 29.8 Å². The molecule has 0 spiro atoms. The van der Waals surface area contributed by atoms with Gasteiger partial charge in [-0.1, -0.05) is 42.2 Å². The van der Waals surface area contributed by atoms with Crippen LogP contribution in [0.3, 0.4) is 0 Å². The minimum Gasteiger partial charge on any atom is -0.299 e. The van der Waals surface area contributed by atoms with Gasteiger partial charge in [0.2, 0.25) is 21.1 Å². The van der Waals surface area contributed by atoms with Crippen molar-refractivity contribution in [3.8, 4) is 0 Å². The molecule has 0 radical (unpaired) electrons. The van der Waals surface area contributed by atoms with E-state index in [2.05, 4.69) is 15.5 Å². The Morgan fingerprint density at radius 2 is 2.12 bits per heavy atom. The Hall–Kier alpha value is -1.65. The number of aromatic nitrogens is 2. The van der Waals surface area contributed by atoms with Crippen LogP contribution < -0.4 is 9.62 Å². The Labute approximate surface area is 155 Å². The molecule has 1 aromatic carbocycles. The lowest BCUT2D eigenvalue weighted by molar-refractivity contribution is -0.116. The largest absolute Gasteiger partial charge is 0.299 e. The fourth-order valence-electron chi connectivity index (χ4n) is 2.23. The highest BCUT2D eigenvalue weighted by Gasteiger charge is 2.29. The molecule has 1 aromatic heterocycles. The summed E-state index contributed by atoms with van der Waals surface area (Å²) in [5.74, 6) is 0.393. The number of thioether (sulfide) groups is 1. The molecule has 2 rings (SSSR count). The summed E-state index contributed by atoms with van der Waals surface area (Å²) >= 11 is 2.79. The van der Waals surface area contributed by atoms with Crippen molar-refractivity contribution in [3.63, 3.8) is 0 Å². The zero-order valence-electron chi connectivity index (χ0n) is 14.4. The first-order chi connectivity index (χ1) is 11.7. The first kappa shape index (κ1) is 19.7. The SMILES string of the molecule is CCSc1nnc(NC(=O)[C@H](C)N(c2cccc(C)c2)S(C)(=O)=O)s1. The van der Waals surface area contributed by atoms with Gasteiger partial charge in [0.1, 0.15) is 6.04 Å². The van der Waals surface area contributed by atoms with Gasteiger partial charge >= 0.3 is 0 Å². The summed E-state index contributed by atoms with van der Waals surface area (Å²) < 4.78 is 26.4. The minimum absolute atomic E-state index is 0.352. The van der Waals surface area contributed by atoms with Crippen LogP contribution in [-0.2, 0) is 14.8 Å². The van der Waals surface area contributed by atoms with Crippen LogP contribution in [0.5, 0.6) is 0 Å². The van der Waals surface area contributed by atoms with Crippen LogP contribution >= 0.6 is 23.1 Å². The number of amides is 1. The van der Waals surface area contributed by atoms with E-state index in [9.17, 15) is 13.2 Å². The number of nitrogens with zero attached hydrogens (tertiary/aromatic N) is 3. The van der Waals surface area contributed by atoms with E-state index in [0.29, 0.717) is 10.8 Å². The Morgan fingerprint density at radius 1 is 1.40 bits per heavy atom. The van der Waals surface area contributed by atoms with Gasteiger partial charge in [0, 0.05) is 0 Å². The van der Waals surface area contributed by atoms with Crippen LogP contribution in [-0.4, -0.2) is 42.6 Å². The number of rotatable bonds is 7. The van der Waals surface area contributed by atoms with Gasteiger partial charge in [0.15, 0.2) is 4.34 Å². The molecule has 0 unspecified atom stereocenters. The van der Waals surface area contributed by atoms with Crippen molar-refractivity contribution in [1.29, 1.82) is 0 Å². The van der Waals surface area contributed by atoms with Gasteiger partial charge in [-0.25, -0.2) is 8.42 Å². The Balaban J connectivity index is 2.23. The maximum absolute atomic E-state index is 12.5. The maximum Gasteiger partial charge on any atom is 0.249 e. The van der Waals surface area contributed by atoms with Crippen molar-refractivity contribution >= 4 is 49.8 Å². The molecule has 1 amide bonds. The summed E-state index contributed by atoms with van der Waals surface area (Å²) in [5, 5.41) is 10.9. The summed E-state index contributed by atoms with van der Waals surface area (Å²) in [6.07, 6.45) is 1.08. The number of benzene rings is 1. The number of anilines is 2. The average molecular weight is 401 g/mol. The molecule has 0 bridgehead atoms. The fourth-order valence-corrected chi connectivity index (χ4v) is 5.04. The van der Waals surface area contributed by atoms with Crippen molar-refractivity contribution in [2.45, 2.75) is 31.2 Å². The number of carbonyl (C=O) groups excluding carboxylic acids is 1. The van der Waals surface area contributed by atoms with Crippen LogP contribution in [0.2, 0.25) is 0 Å². The van der Waals surface area contributed by atoms with Gasteiger partial charge in [0.25, 0.3) is 0 Å². The second-order valence-electron chi connectivity index (χ2n) is 5.37. The highest BCUT2D eigenvalue weighted by Crippen LogP contribution is 2.26. The van der Waals surface area contributed by atoms with Gasteiger partial charge in [0.05, 0.1) is 11.9 Å². The van der Waals surface area contributed by atoms with Gasteiger partial charge < -0.3 is 0 Å². The third-order valence-electron chi connectivity index (χ3n) is 3.25. The first-order valence-electron chi connectivity index (χ1n) is 7.55. The predicted molar refractivity (Wildman–Crippen MR) is 103 cm³/mol. The second kappa shape index (κ2) is 8.15. The zero-order valence-corrected chi connectivity index (χ0v) is 16.8. The fraction of sp³-hybridized carbons (Fsp3) is 0.400. The maximum atomic E-state index is 12.5. The van der Waals surface area contributed by atoms with Gasteiger partial charge in [-0.3, -0.25) is 14.4 Å². The molecule has 2 aromatic rings. The summed E-state index contributed by atoms with van der Waals surface area (Å²) in [7, 11) is -3.64. The van der Waals surface area contributed by atoms with E-state index in [0.717, 1.165) is 26.2 Å². The molecule has 7 nitrogen and oxygen atoms in total. The summed E-state index contributed by atoms with van der Waals surface area (Å²) in [4.78, 5) is 12.5. The lowest BCUT2D eigenvalue weighted by Crippen LogP contribution is -2.45. The van der Waals surface area contributed by atoms with E-state index >= 15 is 0 Å². The molecule has 0 aliphatic heterocycles. The molecule has 0 aliphatic carbocycles. The number of aryl methyl sites for hydroxylation is 1. The molecular formula is C15H20N4O3S3. The van der Waals surface area contributed by atoms with Crippen molar-refractivity contribution in [1.82, 2.24) is 10.2 Å². The molecule has 136 valence electrons. The molecule has 0 saturated carbocycles. The van der Waals surface area contributed by atoms with Crippen LogP contribution in [0.15, 0.2) is 28.6 Å². The zero-order chi connectivity index (χ0) is 18.6. The van der Waals surface area contributed by atoms with Crippen molar-refractivity contribution in [2.24, 2.45) is 0 Å². The standard InChI is InChI=1S/C15H20N4O3S3/c1-5-23-15-18-17-14(24-15)16-13(20)11(3)19(25(4,21)22)12-8-6-7-10(2)9-12/h6-9,11H,5H2,1-4H3,(H,16,17,20)/t11-/m0/s1. The van der Waals surface area contributed by atoms with E-state index in [1.54, 1.807) is 25.1 Å². The lowest BCUT2D eigenvalue weighted by Gasteiger charge is -2.28. The molecule has 0 saturated heterocycles. The van der Waals surface area contributed by atoms with Crippen LogP contribution in [0, 0.1) is 6.92 Å². The molecule has 0 aliphatic rings. The summed E-state index contributed by atoms with van der Waals surface area (Å²) in [6, 6.07) is 6.09. The topological polar surface area (TPSA) is 92.3 Å². The number of sulfonamides is 1. The summed E-state index contributed by atoms with van der Waals surface area (Å²) in [6.45, 7) is 5.41. The minimum atomic E-state index is -3.64. The number of nitrogens with one attached hydrogen (secondary N) is 1. The van der Waals surface area contributed by atoms with Gasteiger partial charge in [-0.2, -0.15) is 0 Å². The first-order valence-corrected chi connectivity index (χ1v) is 11.2. The van der Waals surface area contributed by atoms with Crippen LogP contribution in [0.1, 0.15) is 19.4 Å². The molecule has 25 heavy (non-hydrogen) atoms. The highest BCUT2D eigenvalue weighted by atomic mass is 32.2. The molecule has 1 heterocycles. The summed E-state index contributed by atoms with van der Waals surface area (Å²) in [5.41, 5.74) is 1.36. The Bertz CT molecular complexity index is 851. The molecular weight excluding hydrogens is 380 g/mol. The smallest absolute Gasteiger partial charge is 0.249 e. The van der Waals surface area contributed by atoms with E-state index in [1.165, 1.54) is 23.1 Å². The molecule has 1 N–H and O–H groups in total. The van der Waals surface area contributed by atoms with E-state index in [4.69, 9.17) is 0 Å². The second-order valence-corrected chi connectivity index (χ2v) is 9.72. The van der Waals surface area contributed by atoms with Gasteiger partial charge in [-0.15, -0.1) is 10.2 Å². The number of carbonyl (C=O) groups is 1. The average Bonchev–Trinajstić information content (AvgIpc) is 2.93. The van der Waals surface area contributed by atoms with E-state index in [-0.39, 0.29) is 0 Å². The van der Waals surface area contributed by atoms with E-state index in [1.807, 2.05) is 19.9 Å². The molecule has 0 fully saturated rings. The van der Waals surface area contributed by atoms with Crippen LogP contribution in [0.25, 0.3) is 0 Å². The van der Waals surface area contributed by atoms with Crippen molar-refractivity contribution in [2.75, 3.05) is 21.6 Å². The normalized spacial score (nSPS) is 12.6. The van der Waals surface area contributed by atoms with Crippen LogP contribution in [0.4, 0.5) is 10.8 Å². The molecule has 10 heteroatoms. The Kier molecular flexibility index (Phi) is 6.42. The van der Waals surface area contributed by atoms with Gasteiger partial charge in [-0.05, 0) is 37.3 Å². The third-order valence-corrected chi connectivity index (χ3v) is 6.34. The van der Waals surface area contributed by atoms with E-state index < -0.39 is 22.0 Å². The lowest BCUT2D eigenvalue weighted by atomic mass is 10.2. The predicted octanol–water partition coefficient (Wildman–Crippen LogP) is 2.75. The number of hydrogen-bond donors (Lipinski definition) is 1.